The van der Waals surface area contributed by atoms with Gasteiger partial charge in [-0.2, -0.15) is 0 Å². The van der Waals surface area contributed by atoms with Crippen LogP contribution in [0.5, 0.6) is 11.5 Å². The zero-order valence-corrected chi connectivity index (χ0v) is 13.5. The summed E-state index contributed by atoms with van der Waals surface area (Å²) in [5, 5.41) is 9.92. The van der Waals surface area contributed by atoms with E-state index in [0.29, 0.717) is 5.75 Å². The van der Waals surface area contributed by atoms with Crippen LogP contribution >= 0.6 is 0 Å². The summed E-state index contributed by atoms with van der Waals surface area (Å²) in [5.41, 5.74) is 5.85. The molecule has 0 aromatic heterocycles. The number of phenols is 1. The number of fused-ring (bicyclic) bond motifs is 4. The lowest BCUT2D eigenvalue weighted by molar-refractivity contribution is 0.107. The Balaban J connectivity index is 1.91. The van der Waals surface area contributed by atoms with Crippen LogP contribution in [0.25, 0.3) is 0 Å². The number of anilines is 1. The van der Waals surface area contributed by atoms with Crippen molar-refractivity contribution in [3.63, 3.8) is 0 Å². The number of benzene rings is 2. The van der Waals surface area contributed by atoms with Gasteiger partial charge < -0.3 is 14.7 Å². The number of aryl methyl sites for hydroxylation is 2. The predicted molar refractivity (Wildman–Crippen MR) is 87.9 cm³/mol. The van der Waals surface area contributed by atoms with E-state index < -0.39 is 0 Å². The SMILES string of the molecule is Cc1ccc2c(c1)C1(C)Cc3cc(O)cc(C)c3OC1N2C. The summed E-state index contributed by atoms with van der Waals surface area (Å²) in [6.45, 7) is 6.39. The zero-order valence-electron chi connectivity index (χ0n) is 13.5. The second-order valence-electron chi connectivity index (χ2n) is 6.95. The van der Waals surface area contributed by atoms with Crippen molar-refractivity contribution >= 4 is 5.69 Å². The standard InChI is InChI=1S/C19H21NO2/c1-11-5-6-16-15(7-11)19(3)10-13-9-14(21)8-12(2)17(13)22-18(19)20(16)4/h5-9,18,21H,10H2,1-4H3. The van der Waals surface area contributed by atoms with Crippen molar-refractivity contribution in [1.29, 1.82) is 0 Å². The molecule has 2 aromatic carbocycles. The van der Waals surface area contributed by atoms with E-state index in [0.717, 1.165) is 23.3 Å². The van der Waals surface area contributed by atoms with Gasteiger partial charge in [0.1, 0.15) is 11.5 Å². The molecule has 2 aromatic rings. The first-order valence-electron chi connectivity index (χ1n) is 7.73. The average molecular weight is 295 g/mol. The van der Waals surface area contributed by atoms with E-state index in [4.69, 9.17) is 4.74 Å². The Morgan fingerprint density at radius 1 is 1.23 bits per heavy atom. The van der Waals surface area contributed by atoms with Crippen molar-refractivity contribution in [3.05, 3.63) is 52.6 Å². The van der Waals surface area contributed by atoms with Crippen molar-refractivity contribution in [1.82, 2.24) is 0 Å². The van der Waals surface area contributed by atoms with E-state index in [1.54, 1.807) is 6.07 Å². The highest BCUT2D eigenvalue weighted by Crippen LogP contribution is 2.52. The molecule has 0 amide bonds. The number of ether oxygens (including phenoxy) is 1. The van der Waals surface area contributed by atoms with Crippen LogP contribution in [0.1, 0.15) is 29.2 Å². The molecule has 3 heteroatoms. The minimum Gasteiger partial charge on any atom is -0.508 e. The van der Waals surface area contributed by atoms with Crippen molar-refractivity contribution in [3.8, 4) is 11.5 Å². The van der Waals surface area contributed by atoms with Gasteiger partial charge in [0.15, 0.2) is 6.23 Å². The summed E-state index contributed by atoms with van der Waals surface area (Å²) >= 11 is 0. The molecule has 2 aliphatic heterocycles. The van der Waals surface area contributed by atoms with Gasteiger partial charge >= 0.3 is 0 Å². The molecule has 0 saturated carbocycles. The van der Waals surface area contributed by atoms with Crippen LogP contribution in [-0.2, 0) is 11.8 Å². The van der Waals surface area contributed by atoms with Gasteiger partial charge in [0.05, 0.1) is 5.41 Å². The summed E-state index contributed by atoms with van der Waals surface area (Å²) in [7, 11) is 2.10. The molecule has 2 atom stereocenters. The molecular formula is C19H21NO2. The maximum atomic E-state index is 9.92. The second kappa shape index (κ2) is 4.19. The summed E-state index contributed by atoms with van der Waals surface area (Å²) in [6, 6.07) is 10.2. The van der Waals surface area contributed by atoms with Gasteiger partial charge in [-0.15, -0.1) is 0 Å². The molecule has 0 fully saturated rings. The number of hydrogen-bond donors (Lipinski definition) is 1. The summed E-state index contributed by atoms with van der Waals surface area (Å²) < 4.78 is 6.39. The van der Waals surface area contributed by atoms with Crippen LogP contribution in [0.2, 0.25) is 0 Å². The van der Waals surface area contributed by atoms with E-state index in [1.165, 1.54) is 16.8 Å². The van der Waals surface area contributed by atoms with Gasteiger partial charge in [0, 0.05) is 12.7 Å². The molecule has 0 saturated heterocycles. The lowest BCUT2D eigenvalue weighted by Gasteiger charge is -2.40. The minimum atomic E-state index is -0.0939. The monoisotopic (exact) mass is 295 g/mol. The Kier molecular flexibility index (Phi) is 2.57. The van der Waals surface area contributed by atoms with Gasteiger partial charge in [-0.05, 0) is 62.1 Å². The fourth-order valence-electron chi connectivity index (χ4n) is 4.13. The van der Waals surface area contributed by atoms with E-state index in [1.807, 2.05) is 13.0 Å². The number of phenolic OH excluding ortho intramolecular Hbond substituents is 1. The largest absolute Gasteiger partial charge is 0.508 e. The zero-order chi connectivity index (χ0) is 15.6. The quantitative estimate of drug-likeness (QED) is 0.805. The first-order valence-corrected chi connectivity index (χ1v) is 7.73. The summed E-state index contributed by atoms with van der Waals surface area (Å²) in [6.07, 6.45) is 0.878. The van der Waals surface area contributed by atoms with Crippen LogP contribution in [0.15, 0.2) is 30.3 Å². The molecule has 3 nitrogen and oxygen atoms in total. The Hall–Kier alpha value is -2.16. The Morgan fingerprint density at radius 2 is 2.00 bits per heavy atom. The lowest BCUT2D eigenvalue weighted by atomic mass is 9.75. The number of rotatable bonds is 0. The molecule has 0 aliphatic carbocycles. The molecule has 2 aliphatic rings. The number of nitrogens with zero attached hydrogens (tertiary/aromatic N) is 1. The molecule has 1 N–H and O–H groups in total. The Bertz CT molecular complexity index is 783. The third-order valence-electron chi connectivity index (χ3n) is 5.17. The van der Waals surface area contributed by atoms with E-state index in [2.05, 4.69) is 44.0 Å². The molecular weight excluding hydrogens is 274 g/mol. The van der Waals surface area contributed by atoms with E-state index in [9.17, 15) is 5.11 Å². The number of hydrogen-bond acceptors (Lipinski definition) is 3. The fraction of sp³-hybridized carbons (Fsp3) is 0.368. The maximum absolute atomic E-state index is 9.92. The summed E-state index contributed by atoms with van der Waals surface area (Å²) in [4.78, 5) is 2.24. The van der Waals surface area contributed by atoms with Gasteiger partial charge in [-0.3, -0.25) is 0 Å². The Morgan fingerprint density at radius 3 is 2.77 bits per heavy atom. The molecule has 0 spiro atoms. The van der Waals surface area contributed by atoms with Gasteiger partial charge in [-0.25, -0.2) is 0 Å². The maximum Gasteiger partial charge on any atom is 0.182 e. The topological polar surface area (TPSA) is 32.7 Å². The number of likely N-dealkylation sites (N-methyl/N-ethyl adjacent to an activating group) is 1. The van der Waals surface area contributed by atoms with Crippen molar-refractivity contribution in [2.24, 2.45) is 0 Å². The molecule has 22 heavy (non-hydrogen) atoms. The van der Waals surface area contributed by atoms with Crippen LogP contribution in [0, 0.1) is 13.8 Å². The summed E-state index contributed by atoms with van der Waals surface area (Å²) in [5.74, 6) is 1.24. The van der Waals surface area contributed by atoms with E-state index >= 15 is 0 Å². The molecule has 2 unspecified atom stereocenters. The first kappa shape index (κ1) is 13.5. The van der Waals surface area contributed by atoms with Crippen LogP contribution in [0.4, 0.5) is 5.69 Å². The average Bonchev–Trinajstić information content (AvgIpc) is 2.65. The molecule has 114 valence electrons. The van der Waals surface area contributed by atoms with Crippen LogP contribution in [-0.4, -0.2) is 18.4 Å². The van der Waals surface area contributed by atoms with Crippen molar-refractivity contribution in [2.75, 3.05) is 11.9 Å². The third kappa shape index (κ3) is 1.62. The highest BCUT2D eigenvalue weighted by atomic mass is 16.5. The smallest absolute Gasteiger partial charge is 0.182 e. The number of aromatic hydroxyl groups is 1. The second-order valence-corrected chi connectivity index (χ2v) is 6.95. The van der Waals surface area contributed by atoms with Gasteiger partial charge in [0.25, 0.3) is 0 Å². The minimum absolute atomic E-state index is 0.0000397. The Labute approximate surface area is 131 Å². The van der Waals surface area contributed by atoms with Gasteiger partial charge in [-0.1, -0.05) is 17.7 Å². The van der Waals surface area contributed by atoms with E-state index in [-0.39, 0.29) is 11.6 Å². The van der Waals surface area contributed by atoms with Crippen LogP contribution in [0.3, 0.4) is 0 Å². The molecule has 2 heterocycles. The molecule has 0 bridgehead atoms. The van der Waals surface area contributed by atoms with Crippen molar-refractivity contribution < 1.29 is 9.84 Å². The van der Waals surface area contributed by atoms with Gasteiger partial charge in [0.2, 0.25) is 0 Å². The molecule has 0 radical (unpaired) electrons. The van der Waals surface area contributed by atoms with Crippen LogP contribution < -0.4 is 9.64 Å². The predicted octanol–water partition coefficient (Wildman–Crippen LogP) is 3.68. The normalized spacial score (nSPS) is 25.3. The fourth-order valence-corrected chi connectivity index (χ4v) is 4.13. The molecule has 4 rings (SSSR count). The van der Waals surface area contributed by atoms with Crippen molar-refractivity contribution in [2.45, 2.75) is 38.8 Å². The highest BCUT2D eigenvalue weighted by Gasteiger charge is 2.51. The highest BCUT2D eigenvalue weighted by molar-refractivity contribution is 5.66. The third-order valence-corrected chi connectivity index (χ3v) is 5.17. The lowest BCUT2D eigenvalue weighted by Crippen LogP contribution is -2.49. The first-order chi connectivity index (χ1) is 10.4.